The summed E-state index contributed by atoms with van der Waals surface area (Å²) in [5.74, 6) is -2.35. The van der Waals surface area contributed by atoms with Crippen LogP contribution in [-0.4, -0.2) is 48.7 Å². The van der Waals surface area contributed by atoms with Gasteiger partial charge in [0.25, 0.3) is 5.91 Å². The maximum absolute atomic E-state index is 11.1. The maximum atomic E-state index is 11.1. The molecule has 0 heterocycles. The molecule has 4 amide bonds. The van der Waals surface area contributed by atoms with E-state index in [9.17, 15) is 19.2 Å². The van der Waals surface area contributed by atoms with E-state index in [-0.39, 0.29) is 6.42 Å². The third-order valence-corrected chi connectivity index (χ3v) is 1.85. The van der Waals surface area contributed by atoms with Crippen molar-refractivity contribution in [1.29, 1.82) is 0 Å². The van der Waals surface area contributed by atoms with Crippen molar-refractivity contribution in [1.82, 2.24) is 10.6 Å². The van der Waals surface area contributed by atoms with Crippen LogP contribution in [0.5, 0.6) is 0 Å². The maximum Gasteiger partial charge on any atom is 0.329 e. The van der Waals surface area contributed by atoms with Crippen LogP contribution in [0.4, 0.5) is 4.79 Å². The summed E-state index contributed by atoms with van der Waals surface area (Å²) in [7, 11) is 0. The summed E-state index contributed by atoms with van der Waals surface area (Å²) in [5, 5.41) is 12.6. The molecular weight excluding hydrogens is 258 g/mol. The Morgan fingerprint density at radius 1 is 1.11 bits per heavy atom. The van der Waals surface area contributed by atoms with Crippen LogP contribution in [0.25, 0.3) is 0 Å². The molecule has 0 aliphatic rings. The number of unbranched alkanes of at least 4 members (excludes halogenated alkanes) is 1. The monoisotopic (exact) mass is 275 g/mol. The van der Waals surface area contributed by atoms with Gasteiger partial charge >= 0.3 is 12.0 Å². The molecule has 0 aliphatic carbocycles. The van der Waals surface area contributed by atoms with Gasteiger partial charge in [-0.3, -0.25) is 14.9 Å². The van der Waals surface area contributed by atoms with E-state index in [0.717, 1.165) is 0 Å². The van der Waals surface area contributed by atoms with Crippen LogP contribution in [0.2, 0.25) is 0 Å². The second-order valence-corrected chi connectivity index (χ2v) is 3.61. The number of carbonyl (C=O) groups excluding carboxylic acids is 3. The fourth-order valence-corrected chi connectivity index (χ4v) is 1.06. The first-order chi connectivity index (χ1) is 8.91. The van der Waals surface area contributed by atoms with Crippen molar-refractivity contribution >= 4 is 23.8 Å². The number of nitrogens with one attached hydrogen (secondary N) is 2. The van der Waals surface area contributed by atoms with Crippen molar-refractivity contribution in [2.75, 3.05) is 19.8 Å². The van der Waals surface area contributed by atoms with Gasteiger partial charge in [-0.05, 0) is 12.8 Å². The number of imide groups is 1. The first kappa shape index (κ1) is 16.8. The first-order valence-electron chi connectivity index (χ1n) is 5.57. The number of carboxylic acids is 1. The van der Waals surface area contributed by atoms with E-state index >= 15 is 0 Å². The Morgan fingerprint density at radius 2 is 1.79 bits per heavy atom. The predicted octanol–water partition coefficient (Wildman–Crippen LogP) is -1.43. The van der Waals surface area contributed by atoms with Gasteiger partial charge in [0.2, 0.25) is 5.91 Å². The lowest BCUT2D eigenvalue weighted by molar-refractivity contribution is -0.143. The number of carboxylic acid groups (broad SMARTS) is 1. The largest absolute Gasteiger partial charge is 0.480 e. The Morgan fingerprint density at radius 3 is 2.37 bits per heavy atom. The molecule has 0 aromatic carbocycles. The second-order valence-electron chi connectivity index (χ2n) is 3.61. The smallest absolute Gasteiger partial charge is 0.329 e. The van der Waals surface area contributed by atoms with E-state index in [2.05, 4.69) is 10.1 Å². The van der Waals surface area contributed by atoms with Crippen LogP contribution in [0.1, 0.15) is 19.3 Å². The van der Waals surface area contributed by atoms with E-state index in [1.165, 1.54) is 0 Å². The molecule has 0 saturated carbocycles. The summed E-state index contributed by atoms with van der Waals surface area (Å²) in [6.07, 6.45) is 1.34. The first-order valence-corrected chi connectivity index (χ1v) is 5.57. The van der Waals surface area contributed by atoms with E-state index < -0.39 is 37.0 Å². The lowest BCUT2D eigenvalue weighted by atomic mass is 10.2. The number of aliphatic carboxylic acids is 1. The number of ether oxygens (including phenoxy) is 1. The van der Waals surface area contributed by atoms with Crippen molar-refractivity contribution < 1.29 is 29.0 Å². The zero-order valence-corrected chi connectivity index (χ0v) is 10.3. The summed E-state index contributed by atoms with van der Waals surface area (Å²) < 4.78 is 4.48. The van der Waals surface area contributed by atoms with Gasteiger partial charge in [0, 0.05) is 13.0 Å². The summed E-state index contributed by atoms with van der Waals surface area (Å²) in [6, 6.07) is -0.706. The van der Waals surface area contributed by atoms with Gasteiger partial charge in [-0.25, -0.2) is 9.59 Å². The fraction of sp³-hybridized carbons (Fsp3) is 0.600. The zero-order valence-electron chi connectivity index (χ0n) is 10.3. The number of rotatable bonds is 9. The molecule has 0 rings (SSSR count). The fourth-order valence-electron chi connectivity index (χ4n) is 1.06. The van der Waals surface area contributed by atoms with Gasteiger partial charge in [-0.2, -0.15) is 0 Å². The number of nitrogens with two attached hydrogens (primary N) is 1. The van der Waals surface area contributed by atoms with E-state index in [4.69, 9.17) is 10.8 Å². The van der Waals surface area contributed by atoms with Gasteiger partial charge in [-0.1, -0.05) is 0 Å². The Balaban J connectivity index is 3.54. The minimum Gasteiger partial charge on any atom is -0.480 e. The highest BCUT2D eigenvalue weighted by atomic mass is 16.5. The molecule has 0 aromatic heterocycles. The standard InChI is InChI=1S/C10H17N3O6/c11-7(14)3-1-2-4-12-10(18)13-8(15)5-19-6-9(16)17/h1-6H2,(H2,11,14)(H,16,17)(H2,12,13,15,18). The number of primary amides is 1. The van der Waals surface area contributed by atoms with Gasteiger partial charge in [-0.15, -0.1) is 0 Å². The highest BCUT2D eigenvalue weighted by molar-refractivity contribution is 5.94. The molecule has 0 saturated heterocycles. The van der Waals surface area contributed by atoms with Crippen molar-refractivity contribution in [3.63, 3.8) is 0 Å². The van der Waals surface area contributed by atoms with Gasteiger partial charge in [0.15, 0.2) is 0 Å². The Labute approximate surface area is 109 Å². The van der Waals surface area contributed by atoms with Gasteiger partial charge in [0.1, 0.15) is 13.2 Å². The van der Waals surface area contributed by atoms with Crippen molar-refractivity contribution in [2.45, 2.75) is 19.3 Å². The SMILES string of the molecule is NC(=O)CCCCNC(=O)NC(=O)COCC(=O)O. The van der Waals surface area contributed by atoms with E-state index in [1.54, 1.807) is 0 Å². The summed E-state index contributed by atoms with van der Waals surface area (Å²) in [5.41, 5.74) is 4.93. The predicted molar refractivity (Wildman–Crippen MR) is 63.0 cm³/mol. The number of amides is 4. The lowest BCUT2D eigenvalue weighted by Crippen LogP contribution is -2.41. The molecule has 0 aromatic rings. The normalized spacial score (nSPS) is 9.68. The molecule has 0 spiro atoms. The average molecular weight is 275 g/mol. The zero-order chi connectivity index (χ0) is 14.7. The quantitative estimate of drug-likeness (QED) is 0.379. The average Bonchev–Trinajstić information content (AvgIpc) is 2.27. The van der Waals surface area contributed by atoms with E-state index in [0.29, 0.717) is 19.4 Å². The number of hydrogen-bond acceptors (Lipinski definition) is 5. The topological polar surface area (TPSA) is 148 Å². The van der Waals surface area contributed by atoms with Crippen LogP contribution in [0.3, 0.4) is 0 Å². The van der Waals surface area contributed by atoms with Gasteiger partial charge in [0.05, 0.1) is 0 Å². The Kier molecular flexibility index (Phi) is 8.71. The molecule has 0 fully saturated rings. The summed E-state index contributed by atoms with van der Waals surface area (Å²) in [4.78, 5) is 42.7. The van der Waals surface area contributed by atoms with Crippen LogP contribution in [-0.2, 0) is 19.1 Å². The Bertz CT molecular complexity index is 344. The number of hydrogen-bond donors (Lipinski definition) is 4. The highest BCUT2D eigenvalue weighted by Gasteiger charge is 2.08. The molecule has 0 radical (unpaired) electrons. The summed E-state index contributed by atoms with van der Waals surface area (Å²) >= 11 is 0. The van der Waals surface area contributed by atoms with Crippen LogP contribution >= 0.6 is 0 Å². The van der Waals surface area contributed by atoms with Crippen molar-refractivity contribution in [3.05, 3.63) is 0 Å². The lowest BCUT2D eigenvalue weighted by Gasteiger charge is -2.06. The molecule has 0 bridgehead atoms. The number of carbonyl (C=O) groups is 4. The summed E-state index contributed by atoms with van der Waals surface area (Å²) in [6.45, 7) is -0.827. The molecular formula is C10H17N3O6. The van der Waals surface area contributed by atoms with Gasteiger partial charge < -0.3 is 20.9 Å². The van der Waals surface area contributed by atoms with E-state index in [1.807, 2.05) is 5.32 Å². The minimum absolute atomic E-state index is 0.241. The number of urea groups is 1. The molecule has 0 atom stereocenters. The minimum atomic E-state index is -1.20. The molecule has 108 valence electrons. The molecule has 9 heteroatoms. The third kappa shape index (κ3) is 12.1. The molecule has 19 heavy (non-hydrogen) atoms. The highest BCUT2D eigenvalue weighted by Crippen LogP contribution is 1.91. The molecule has 5 N–H and O–H groups in total. The Hall–Kier alpha value is -2.16. The van der Waals surface area contributed by atoms with Crippen LogP contribution < -0.4 is 16.4 Å². The molecule has 0 unspecified atom stereocenters. The second kappa shape index (κ2) is 9.83. The van der Waals surface area contributed by atoms with Crippen molar-refractivity contribution in [2.24, 2.45) is 5.73 Å². The van der Waals surface area contributed by atoms with Crippen molar-refractivity contribution in [3.8, 4) is 0 Å². The van der Waals surface area contributed by atoms with Crippen LogP contribution in [0.15, 0.2) is 0 Å². The van der Waals surface area contributed by atoms with Crippen LogP contribution in [0, 0.1) is 0 Å². The third-order valence-electron chi connectivity index (χ3n) is 1.85. The molecule has 9 nitrogen and oxygen atoms in total. The molecule has 0 aliphatic heterocycles.